The Labute approximate surface area is 148 Å². The number of sulfonamides is 2. The van der Waals surface area contributed by atoms with Gasteiger partial charge in [0.2, 0.25) is 20.0 Å². The van der Waals surface area contributed by atoms with E-state index in [-0.39, 0.29) is 24.2 Å². The average molecular weight is 397 g/mol. The van der Waals surface area contributed by atoms with Gasteiger partial charge in [0.1, 0.15) is 0 Å². The zero-order chi connectivity index (χ0) is 17.8. The van der Waals surface area contributed by atoms with Crippen LogP contribution >= 0.6 is 11.6 Å². The van der Waals surface area contributed by atoms with E-state index in [9.17, 15) is 16.8 Å². The van der Waals surface area contributed by atoms with Gasteiger partial charge in [0.05, 0.1) is 24.2 Å². The van der Waals surface area contributed by atoms with Gasteiger partial charge in [-0.25, -0.2) is 21.6 Å². The fraction of sp³-hybridized carbons (Fsp3) is 0.571. The first-order valence-corrected chi connectivity index (χ1v) is 11.1. The molecule has 1 fully saturated rings. The van der Waals surface area contributed by atoms with E-state index in [0.717, 1.165) is 0 Å². The summed E-state index contributed by atoms with van der Waals surface area (Å²) in [6.07, 6.45) is -0.157. The highest BCUT2D eigenvalue weighted by Gasteiger charge is 2.27. The summed E-state index contributed by atoms with van der Waals surface area (Å²) in [6, 6.07) is 6.45. The molecule has 136 valence electrons. The Kier molecular flexibility index (Phi) is 6.63. The molecule has 1 saturated heterocycles. The van der Waals surface area contributed by atoms with Gasteiger partial charge in [-0.15, -0.1) is 0 Å². The SMILES string of the molecule is CC1CN(S(=O)(=O)CCNS(=O)(=O)Cc2ccc(Cl)cc2)CCO1. The van der Waals surface area contributed by atoms with Gasteiger partial charge < -0.3 is 4.74 Å². The Bertz CT molecular complexity index is 750. The lowest BCUT2D eigenvalue weighted by Gasteiger charge is -2.30. The van der Waals surface area contributed by atoms with E-state index in [1.54, 1.807) is 31.2 Å². The van der Waals surface area contributed by atoms with Crippen molar-refractivity contribution in [1.82, 2.24) is 9.03 Å². The zero-order valence-electron chi connectivity index (χ0n) is 13.3. The van der Waals surface area contributed by atoms with Gasteiger partial charge in [0.15, 0.2) is 0 Å². The summed E-state index contributed by atoms with van der Waals surface area (Å²) in [5, 5.41) is 0.523. The van der Waals surface area contributed by atoms with E-state index in [2.05, 4.69) is 4.72 Å². The molecule has 1 unspecified atom stereocenters. The van der Waals surface area contributed by atoms with Crippen molar-refractivity contribution >= 4 is 31.6 Å². The molecule has 0 aliphatic carbocycles. The lowest BCUT2D eigenvalue weighted by molar-refractivity contribution is 0.0102. The predicted octanol–water partition coefficient (Wildman–Crippen LogP) is 0.810. The highest BCUT2D eigenvalue weighted by atomic mass is 35.5. The van der Waals surface area contributed by atoms with Crippen LogP contribution in [0.2, 0.25) is 5.02 Å². The molecule has 1 heterocycles. The Morgan fingerprint density at radius 3 is 2.54 bits per heavy atom. The first-order chi connectivity index (χ1) is 11.2. The standard InChI is InChI=1S/C14H21ClN2O5S2/c1-12-10-17(7-8-22-12)24(20,21)9-6-16-23(18,19)11-13-2-4-14(15)5-3-13/h2-5,12,16H,6-11H2,1H3. The normalized spacial score (nSPS) is 20.2. The second-order valence-electron chi connectivity index (χ2n) is 5.64. The van der Waals surface area contributed by atoms with Crippen LogP contribution in [-0.4, -0.2) is 59.2 Å². The van der Waals surface area contributed by atoms with Gasteiger partial charge in [-0.1, -0.05) is 23.7 Å². The molecular formula is C14H21ClN2O5S2. The first kappa shape index (κ1) is 19.6. The van der Waals surface area contributed by atoms with Gasteiger partial charge in [-0.3, -0.25) is 0 Å². The largest absolute Gasteiger partial charge is 0.376 e. The monoisotopic (exact) mass is 396 g/mol. The van der Waals surface area contributed by atoms with Crippen LogP contribution in [-0.2, 0) is 30.5 Å². The third-order valence-corrected chi connectivity index (χ3v) is 7.00. The van der Waals surface area contributed by atoms with E-state index in [0.29, 0.717) is 30.3 Å². The smallest absolute Gasteiger partial charge is 0.215 e. The molecule has 24 heavy (non-hydrogen) atoms. The molecule has 1 atom stereocenters. The number of rotatable bonds is 7. The first-order valence-electron chi connectivity index (χ1n) is 7.49. The molecule has 1 aliphatic heterocycles. The van der Waals surface area contributed by atoms with Crippen LogP contribution in [0.5, 0.6) is 0 Å². The Morgan fingerprint density at radius 2 is 1.92 bits per heavy atom. The van der Waals surface area contributed by atoms with Crippen LogP contribution in [0.1, 0.15) is 12.5 Å². The molecule has 0 amide bonds. The summed E-state index contributed by atoms with van der Waals surface area (Å²) in [7, 11) is -7.12. The lowest BCUT2D eigenvalue weighted by atomic mass is 10.2. The van der Waals surface area contributed by atoms with Crippen LogP contribution in [0.4, 0.5) is 0 Å². The van der Waals surface area contributed by atoms with Gasteiger partial charge >= 0.3 is 0 Å². The minimum atomic E-state index is -3.61. The molecule has 0 saturated carbocycles. The maximum absolute atomic E-state index is 12.2. The number of morpholine rings is 1. The summed E-state index contributed by atoms with van der Waals surface area (Å²) in [4.78, 5) is 0. The van der Waals surface area contributed by atoms with Crippen molar-refractivity contribution in [3.05, 3.63) is 34.9 Å². The fourth-order valence-corrected chi connectivity index (χ4v) is 5.16. The van der Waals surface area contributed by atoms with E-state index in [4.69, 9.17) is 16.3 Å². The second kappa shape index (κ2) is 8.11. The summed E-state index contributed by atoms with van der Waals surface area (Å²) in [5.41, 5.74) is 0.580. The molecule has 1 aliphatic rings. The number of ether oxygens (including phenoxy) is 1. The Balaban J connectivity index is 1.86. The quantitative estimate of drug-likeness (QED) is 0.736. The number of nitrogens with one attached hydrogen (secondary N) is 1. The number of nitrogens with zero attached hydrogens (tertiary/aromatic N) is 1. The second-order valence-corrected chi connectivity index (χ2v) is 9.97. The van der Waals surface area contributed by atoms with Gasteiger partial charge in [0.25, 0.3) is 0 Å². The summed E-state index contributed by atoms with van der Waals surface area (Å²) in [6.45, 7) is 2.58. The maximum Gasteiger partial charge on any atom is 0.215 e. The van der Waals surface area contributed by atoms with Crippen LogP contribution < -0.4 is 4.72 Å². The summed E-state index contributed by atoms with van der Waals surface area (Å²) in [5.74, 6) is -0.502. The van der Waals surface area contributed by atoms with Gasteiger partial charge in [-0.2, -0.15) is 4.31 Å². The maximum atomic E-state index is 12.2. The van der Waals surface area contributed by atoms with E-state index >= 15 is 0 Å². The van der Waals surface area contributed by atoms with Crippen LogP contribution in [0.3, 0.4) is 0 Å². The van der Waals surface area contributed by atoms with Crippen LogP contribution in [0.15, 0.2) is 24.3 Å². The topological polar surface area (TPSA) is 92.8 Å². The zero-order valence-corrected chi connectivity index (χ0v) is 15.7. The minimum absolute atomic E-state index is 0.157. The number of halogens is 1. The van der Waals surface area contributed by atoms with Gasteiger partial charge in [-0.05, 0) is 24.6 Å². The molecule has 1 N–H and O–H groups in total. The van der Waals surface area contributed by atoms with Gasteiger partial charge in [0, 0.05) is 24.7 Å². The van der Waals surface area contributed by atoms with E-state index in [1.165, 1.54) is 4.31 Å². The predicted molar refractivity (Wildman–Crippen MR) is 92.9 cm³/mol. The third-order valence-electron chi connectivity index (χ3n) is 3.55. The molecule has 7 nitrogen and oxygen atoms in total. The van der Waals surface area contributed by atoms with Crippen molar-refractivity contribution in [2.24, 2.45) is 0 Å². The minimum Gasteiger partial charge on any atom is -0.376 e. The number of hydrogen-bond acceptors (Lipinski definition) is 5. The fourth-order valence-electron chi connectivity index (χ4n) is 2.35. The molecule has 2 rings (SSSR count). The molecule has 10 heteroatoms. The molecule has 0 radical (unpaired) electrons. The van der Waals surface area contributed by atoms with Crippen LogP contribution in [0, 0.1) is 0 Å². The van der Waals surface area contributed by atoms with Crippen molar-refractivity contribution in [2.75, 3.05) is 32.0 Å². The van der Waals surface area contributed by atoms with Crippen molar-refractivity contribution in [2.45, 2.75) is 18.8 Å². The van der Waals surface area contributed by atoms with Crippen molar-refractivity contribution in [1.29, 1.82) is 0 Å². The molecule has 0 aromatic heterocycles. The average Bonchev–Trinajstić information content (AvgIpc) is 2.49. The van der Waals surface area contributed by atoms with Crippen molar-refractivity contribution in [3.63, 3.8) is 0 Å². The number of hydrogen-bond donors (Lipinski definition) is 1. The molecule has 0 spiro atoms. The third kappa shape index (κ3) is 5.98. The molecule has 1 aromatic rings. The molecular weight excluding hydrogens is 376 g/mol. The van der Waals surface area contributed by atoms with Crippen LogP contribution in [0.25, 0.3) is 0 Å². The summed E-state index contributed by atoms with van der Waals surface area (Å²) >= 11 is 5.76. The molecule has 1 aromatic carbocycles. The Morgan fingerprint density at radius 1 is 1.25 bits per heavy atom. The number of benzene rings is 1. The lowest BCUT2D eigenvalue weighted by Crippen LogP contribution is -2.46. The Hall–Kier alpha value is -0.710. The van der Waals surface area contributed by atoms with Crippen molar-refractivity contribution in [3.8, 4) is 0 Å². The van der Waals surface area contributed by atoms with E-state index in [1.807, 2.05) is 0 Å². The van der Waals surface area contributed by atoms with E-state index < -0.39 is 20.0 Å². The molecule has 0 bridgehead atoms. The summed E-state index contributed by atoms with van der Waals surface area (Å²) < 4.78 is 57.5. The van der Waals surface area contributed by atoms with Crippen molar-refractivity contribution < 1.29 is 21.6 Å². The highest BCUT2D eigenvalue weighted by molar-refractivity contribution is 7.89. The highest BCUT2D eigenvalue weighted by Crippen LogP contribution is 2.12.